The molecule has 3 aromatic carbocycles. The van der Waals surface area contributed by atoms with Gasteiger partial charge in [-0.1, -0.05) is 29.8 Å². The average Bonchev–Trinajstić information content (AvgIpc) is 2.82. The van der Waals surface area contributed by atoms with Gasteiger partial charge in [-0.2, -0.15) is 0 Å². The summed E-state index contributed by atoms with van der Waals surface area (Å²) < 4.78 is 33.0. The summed E-state index contributed by atoms with van der Waals surface area (Å²) in [5, 5.41) is 0. The van der Waals surface area contributed by atoms with Gasteiger partial charge in [0, 0.05) is 31.0 Å². The molecule has 1 aliphatic rings. The number of nitrogens with one attached hydrogen (secondary N) is 1. The molecule has 3 aromatic rings. The summed E-state index contributed by atoms with van der Waals surface area (Å²) >= 11 is 0. The smallest absolute Gasteiger partial charge is 0.324 e. The van der Waals surface area contributed by atoms with Crippen LogP contribution in [0.2, 0.25) is 0 Å². The Kier molecular flexibility index (Phi) is 6.55. The monoisotopic (exact) mass is 465 g/mol. The third kappa shape index (κ3) is 5.28. The van der Waals surface area contributed by atoms with E-state index >= 15 is 0 Å². The van der Waals surface area contributed by atoms with E-state index in [2.05, 4.69) is 4.72 Å². The molecule has 172 valence electrons. The fourth-order valence-electron chi connectivity index (χ4n) is 3.76. The quantitative estimate of drug-likeness (QED) is 0.552. The highest BCUT2D eigenvalue weighted by molar-refractivity contribution is 7.92. The van der Waals surface area contributed by atoms with Crippen molar-refractivity contribution >= 4 is 27.4 Å². The number of carbonyl (C=O) groups is 1. The molecule has 8 heteroatoms. The summed E-state index contributed by atoms with van der Waals surface area (Å²) in [7, 11) is -2.05. The molecule has 0 radical (unpaired) electrons. The summed E-state index contributed by atoms with van der Waals surface area (Å²) in [5.74, 6) is 0.781. The molecule has 1 saturated heterocycles. The van der Waals surface area contributed by atoms with Crippen molar-refractivity contribution in [2.45, 2.75) is 24.8 Å². The van der Waals surface area contributed by atoms with Gasteiger partial charge >= 0.3 is 6.03 Å². The highest BCUT2D eigenvalue weighted by Gasteiger charge is 2.27. The zero-order valence-electron chi connectivity index (χ0n) is 18.7. The summed E-state index contributed by atoms with van der Waals surface area (Å²) in [6.07, 6.45) is 0.851. The zero-order chi connectivity index (χ0) is 23.4. The van der Waals surface area contributed by atoms with Crippen molar-refractivity contribution in [2.75, 3.05) is 29.8 Å². The SMILES string of the molecule is COc1ccc(CN2CCCN(c3ccc(NS(=O)(=O)c4ccc(C)cc4)cc3)C2=O)cc1. The number of anilines is 2. The van der Waals surface area contributed by atoms with Crippen LogP contribution in [-0.2, 0) is 16.6 Å². The number of benzene rings is 3. The third-order valence-corrected chi connectivity index (χ3v) is 7.00. The molecule has 7 nitrogen and oxygen atoms in total. The van der Waals surface area contributed by atoms with Crippen LogP contribution < -0.4 is 14.4 Å². The lowest BCUT2D eigenvalue weighted by atomic mass is 10.1. The minimum atomic E-state index is -3.67. The molecule has 0 unspecified atom stereocenters. The Balaban J connectivity index is 1.44. The number of amides is 2. The molecule has 2 amide bonds. The lowest BCUT2D eigenvalue weighted by molar-refractivity contribution is 0.192. The number of rotatable bonds is 7. The second-order valence-corrected chi connectivity index (χ2v) is 9.71. The van der Waals surface area contributed by atoms with Crippen LogP contribution in [0.3, 0.4) is 0 Å². The fourth-order valence-corrected chi connectivity index (χ4v) is 4.82. The van der Waals surface area contributed by atoms with Crippen LogP contribution in [0.15, 0.2) is 77.7 Å². The van der Waals surface area contributed by atoms with E-state index in [0.717, 1.165) is 29.0 Å². The van der Waals surface area contributed by atoms with Crippen LogP contribution in [-0.4, -0.2) is 39.5 Å². The highest BCUT2D eigenvalue weighted by atomic mass is 32.2. The number of hydrogen-bond acceptors (Lipinski definition) is 4. The van der Waals surface area contributed by atoms with Gasteiger partial charge in [-0.05, 0) is 67.4 Å². The summed E-state index contributed by atoms with van der Waals surface area (Å²) in [4.78, 5) is 16.8. The number of urea groups is 1. The van der Waals surface area contributed by atoms with Gasteiger partial charge in [-0.3, -0.25) is 9.62 Å². The minimum absolute atomic E-state index is 0.0648. The van der Waals surface area contributed by atoms with Crippen molar-refractivity contribution in [1.82, 2.24) is 4.90 Å². The fraction of sp³-hybridized carbons (Fsp3) is 0.240. The van der Waals surface area contributed by atoms with Gasteiger partial charge in [0.2, 0.25) is 0 Å². The Morgan fingerprint density at radius 1 is 0.909 bits per heavy atom. The van der Waals surface area contributed by atoms with Gasteiger partial charge < -0.3 is 9.64 Å². The molecule has 0 aliphatic carbocycles. The molecule has 0 aromatic heterocycles. The van der Waals surface area contributed by atoms with E-state index in [0.29, 0.717) is 25.3 Å². The summed E-state index contributed by atoms with van der Waals surface area (Å²) in [5.41, 5.74) is 3.20. The van der Waals surface area contributed by atoms with Gasteiger partial charge in [0.1, 0.15) is 5.75 Å². The van der Waals surface area contributed by atoms with Crippen molar-refractivity contribution in [3.63, 3.8) is 0 Å². The van der Waals surface area contributed by atoms with Crippen LogP contribution in [0.1, 0.15) is 17.5 Å². The topological polar surface area (TPSA) is 79.0 Å². The van der Waals surface area contributed by atoms with Crippen LogP contribution in [0.25, 0.3) is 0 Å². The third-order valence-electron chi connectivity index (χ3n) is 5.61. The van der Waals surface area contributed by atoms with Gasteiger partial charge in [0.05, 0.1) is 12.0 Å². The second kappa shape index (κ2) is 9.54. The Labute approximate surface area is 194 Å². The van der Waals surface area contributed by atoms with Gasteiger partial charge in [-0.15, -0.1) is 0 Å². The maximum Gasteiger partial charge on any atom is 0.324 e. The number of aryl methyl sites for hydroxylation is 1. The Morgan fingerprint density at radius 2 is 1.58 bits per heavy atom. The van der Waals surface area contributed by atoms with E-state index in [9.17, 15) is 13.2 Å². The Hall–Kier alpha value is -3.52. The lowest BCUT2D eigenvalue weighted by Crippen LogP contribution is -2.49. The molecule has 0 saturated carbocycles. The van der Waals surface area contributed by atoms with Crippen LogP contribution in [0.5, 0.6) is 5.75 Å². The maximum absolute atomic E-state index is 13.1. The standard InChI is InChI=1S/C25H27N3O4S/c1-19-4-14-24(15-5-19)33(30,31)26-21-8-10-22(11-9-21)28-17-3-16-27(25(28)29)18-20-6-12-23(32-2)13-7-20/h4-15,26H,3,16-18H2,1-2H3. The van der Waals surface area contributed by atoms with Gasteiger partial charge in [0.25, 0.3) is 10.0 Å². The zero-order valence-corrected chi connectivity index (χ0v) is 19.5. The van der Waals surface area contributed by atoms with E-state index in [-0.39, 0.29) is 10.9 Å². The number of sulfonamides is 1. The first-order valence-corrected chi connectivity index (χ1v) is 12.2. The summed E-state index contributed by atoms with van der Waals surface area (Å²) in [6.45, 7) is 3.73. The molecule has 1 N–H and O–H groups in total. The summed E-state index contributed by atoms with van der Waals surface area (Å²) in [6, 6.07) is 21.2. The van der Waals surface area contributed by atoms with Gasteiger partial charge in [0.15, 0.2) is 0 Å². The van der Waals surface area contributed by atoms with E-state index in [1.165, 1.54) is 0 Å². The van der Waals surface area contributed by atoms with E-state index in [1.54, 1.807) is 60.5 Å². The number of hydrogen-bond donors (Lipinski definition) is 1. The molecular formula is C25H27N3O4S. The first-order chi connectivity index (χ1) is 15.9. The van der Waals surface area contributed by atoms with Crippen molar-refractivity contribution in [2.24, 2.45) is 0 Å². The van der Waals surface area contributed by atoms with Crippen LogP contribution >= 0.6 is 0 Å². The van der Waals surface area contributed by atoms with E-state index < -0.39 is 10.0 Å². The maximum atomic E-state index is 13.1. The van der Waals surface area contributed by atoms with E-state index in [1.807, 2.05) is 36.1 Å². The average molecular weight is 466 g/mol. The largest absolute Gasteiger partial charge is 0.497 e. The van der Waals surface area contributed by atoms with Crippen molar-refractivity contribution < 1.29 is 17.9 Å². The molecule has 4 rings (SSSR count). The van der Waals surface area contributed by atoms with Gasteiger partial charge in [-0.25, -0.2) is 13.2 Å². The predicted molar refractivity (Wildman–Crippen MR) is 129 cm³/mol. The Morgan fingerprint density at radius 3 is 2.21 bits per heavy atom. The molecule has 33 heavy (non-hydrogen) atoms. The second-order valence-electron chi connectivity index (χ2n) is 8.02. The molecule has 0 atom stereocenters. The number of carbonyl (C=O) groups excluding carboxylic acids is 1. The number of methoxy groups -OCH3 is 1. The molecule has 1 heterocycles. The predicted octanol–water partition coefficient (Wildman–Crippen LogP) is 4.64. The Bertz CT molecular complexity index is 1210. The van der Waals surface area contributed by atoms with Crippen molar-refractivity contribution in [3.05, 3.63) is 83.9 Å². The minimum Gasteiger partial charge on any atom is -0.497 e. The molecule has 1 aliphatic heterocycles. The normalized spacial score (nSPS) is 14.3. The lowest BCUT2D eigenvalue weighted by Gasteiger charge is -2.35. The molecular weight excluding hydrogens is 438 g/mol. The number of ether oxygens (including phenoxy) is 1. The first-order valence-electron chi connectivity index (χ1n) is 10.7. The highest BCUT2D eigenvalue weighted by Crippen LogP contribution is 2.25. The molecule has 1 fully saturated rings. The molecule has 0 spiro atoms. The van der Waals surface area contributed by atoms with Crippen LogP contribution in [0.4, 0.5) is 16.2 Å². The molecule has 0 bridgehead atoms. The van der Waals surface area contributed by atoms with Crippen LogP contribution in [0, 0.1) is 6.92 Å². The van der Waals surface area contributed by atoms with Crippen molar-refractivity contribution in [1.29, 1.82) is 0 Å². The first kappa shape index (κ1) is 22.7. The van der Waals surface area contributed by atoms with Crippen molar-refractivity contribution in [3.8, 4) is 5.75 Å². The number of nitrogens with zero attached hydrogens (tertiary/aromatic N) is 2. The van der Waals surface area contributed by atoms with E-state index in [4.69, 9.17) is 4.74 Å².